The van der Waals surface area contributed by atoms with Crippen LogP contribution in [0, 0.1) is 0 Å². The van der Waals surface area contributed by atoms with E-state index in [1.807, 2.05) is 12.1 Å². The first kappa shape index (κ1) is 21.8. The number of para-hydroxylation sites is 1. The van der Waals surface area contributed by atoms with Gasteiger partial charge in [0.2, 0.25) is 5.91 Å². The summed E-state index contributed by atoms with van der Waals surface area (Å²) >= 11 is 0. The fourth-order valence-electron chi connectivity index (χ4n) is 2.36. The number of amides is 1. The number of nitrogens with one attached hydrogen (secondary N) is 1. The number of ketones is 1. The maximum atomic E-state index is 12.2. The molecule has 29 heavy (non-hydrogen) atoms. The summed E-state index contributed by atoms with van der Waals surface area (Å²) < 4.78 is 33.0. The number of sulfonamides is 1. The molecule has 0 aliphatic heterocycles. The van der Waals surface area contributed by atoms with Crippen LogP contribution in [0.4, 0.5) is 5.69 Å². The predicted octanol–water partition coefficient (Wildman–Crippen LogP) is 2.37. The molecule has 0 bridgehead atoms. The predicted molar refractivity (Wildman–Crippen MR) is 111 cm³/mol. The van der Waals surface area contributed by atoms with Gasteiger partial charge in [0.05, 0.1) is 18.4 Å². The first-order chi connectivity index (χ1) is 13.7. The van der Waals surface area contributed by atoms with Gasteiger partial charge in [0.15, 0.2) is 0 Å². The second-order valence-electron chi connectivity index (χ2n) is 6.03. The molecular formula is C20H21N3O5S. The number of Topliss-reactive ketones (excluding diaryl/α,β-unsaturated/α-hetero) is 1. The van der Waals surface area contributed by atoms with Gasteiger partial charge in [0, 0.05) is 17.3 Å². The van der Waals surface area contributed by atoms with Gasteiger partial charge >= 0.3 is 0 Å². The molecule has 0 atom stereocenters. The van der Waals surface area contributed by atoms with Gasteiger partial charge in [-0.2, -0.15) is 8.42 Å². The van der Waals surface area contributed by atoms with E-state index in [4.69, 9.17) is 10.5 Å². The SMILES string of the molecule is COc1ccccc1C=CC(=O)Nc1ccc(S(=O)(=O)N=C(N)CC(C)=O)cc1. The van der Waals surface area contributed by atoms with Crippen LogP contribution in [0.1, 0.15) is 18.9 Å². The summed E-state index contributed by atoms with van der Waals surface area (Å²) in [6, 6.07) is 12.7. The van der Waals surface area contributed by atoms with Gasteiger partial charge in [-0.1, -0.05) is 18.2 Å². The summed E-state index contributed by atoms with van der Waals surface area (Å²) in [5.41, 5.74) is 6.62. The first-order valence-corrected chi connectivity index (χ1v) is 9.96. The molecule has 0 aromatic heterocycles. The molecule has 3 N–H and O–H groups in total. The van der Waals surface area contributed by atoms with Crippen LogP contribution in [0.5, 0.6) is 5.75 Å². The number of carbonyl (C=O) groups excluding carboxylic acids is 2. The van der Waals surface area contributed by atoms with Crippen LogP contribution in [0.15, 0.2) is 63.9 Å². The lowest BCUT2D eigenvalue weighted by Gasteiger charge is -2.05. The number of nitrogens with two attached hydrogens (primary N) is 1. The fraction of sp³-hybridized carbons (Fsp3) is 0.150. The third kappa shape index (κ3) is 6.58. The van der Waals surface area contributed by atoms with Crippen molar-refractivity contribution in [2.45, 2.75) is 18.2 Å². The summed E-state index contributed by atoms with van der Waals surface area (Å²) in [6.45, 7) is 1.29. The Bertz CT molecular complexity index is 1060. The van der Waals surface area contributed by atoms with Crippen molar-refractivity contribution in [2.24, 2.45) is 10.1 Å². The minimum Gasteiger partial charge on any atom is -0.496 e. The largest absolute Gasteiger partial charge is 0.496 e. The minimum absolute atomic E-state index is 0.105. The third-order valence-electron chi connectivity index (χ3n) is 3.64. The average molecular weight is 415 g/mol. The van der Waals surface area contributed by atoms with E-state index in [9.17, 15) is 18.0 Å². The van der Waals surface area contributed by atoms with Crippen molar-refractivity contribution in [3.05, 3.63) is 60.2 Å². The topological polar surface area (TPSA) is 128 Å². The summed E-state index contributed by atoms with van der Waals surface area (Å²) in [7, 11) is -2.49. The Balaban J connectivity index is 2.07. The molecule has 152 valence electrons. The summed E-state index contributed by atoms with van der Waals surface area (Å²) in [5.74, 6) is -0.331. The number of hydrogen-bond acceptors (Lipinski definition) is 5. The summed E-state index contributed by atoms with van der Waals surface area (Å²) in [5, 5.41) is 2.63. The smallest absolute Gasteiger partial charge is 0.283 e. The van der Waals surface area contributed by atoms with E-state index < -0.39 is 15.9 Å². The average Bonchev–Trinajstić information content (AvgIpc) is 2.66. The third-order valence-corrected chi connectivity index (χ3v) is 4.98. The highest BCUT2D eigenvalue weighted by Crippen LogP contribution is 2.19. The van der Waals surface area contributed by atoms with E-state index in [1.165, 1.54) is 37.3 Å². The second kappa shape index (κ2) is 9.65. The maximum Gasteiger partial charge on any atom is 0.283 e. The van der Waals surface area contributed by atoms with Crippen LogP contribution in [0.25, 0.3) is 6.08 Å². The van der Waals surface area contributed by atoms with Crippen molar-refractivity contribution in [3.63, 3.8) is 0 Å². The first-order valence-electron chi connectivity index (χ1n) is 8.52. The van der Waals surface area contributed by atoms with Crippen molar-refractivity contribution < 1.29 is 22.7 Å². The molecule has 2 rings (SSSR count). The van der Waals surface area contributed by atoms with Gasteiger partial charge in [-0.15, -0.1) is 4.40 Å². The number of anilines is 1. The van der Waals surface area contributed by atoms with Crippen molar-refractivity contribution in [3.8, 4) is 5.75 Å². The fourth-order valence-corrected chi connectivity index (χ4v) is 3.32. The molecule has 1 amide bonds. The summed E-state index contributed by atoms with van der Waals surface area (Å²) in [4.78, 5) is 23.0. The van der Waals surface area contributed by atoms with E-state index in [0.717, 1.165) is 5.56 Å². The Kier molecular flexibility index (Phi) is 7.27. The van der Waals surface area contributed by atoms with Crippen LogP contribution in [-0.4, -0.2) is 33.1 Å². The van der Waals surface area contributed by atoms with E-state index >= 15 is 0 Å². The molecule has 0 unspecified atom stereocenters. The molecule has 2 aromatic rings. The monoisotopic (exact) mass is 415 g/mol. The van der Waals surface area contributed by atoms with Crippen molar-refractivity contribution in [2.75, 3.05) is 12.4 Å². The lowest BCUT2D eigenvalue weighted by molar-refractivity contribution is -0.116. The maximum absolute atomic E-state index is 12.2. The Morgan fingerprint density at radius 3 is 2.41 bits per heavy atom. The van der Waals surface area contributed by atoms with E-state index in [1.54, 1.807) is 25.3 Å². The van der Waals surface area contributed by atoms with Crippen LogP contribution in [-0.2, 0) is 19.6 Å². The minimum atomic E-state index is -4.03. The Hall–Kier alpha value is -3.46. The number of ether oxygens (including phenoxy) is 1. The normalized spacial score (nSPS) is 12.0. The van der Waals surface area contributed by atoms with E-state index in [0.29, 0.717) is 11.4 Å². The molecular weight excluding hydrogens is 394 g/mol. The zero-order valence-electron chi connectivity index (χ0n) is 16.0. The second-order valence-corrected chi connectivity index (χ2v) is 7.63. The molecule has 0 saturated carbocycles. The van der Waals surface area contributed by atoms with Gasteiger partial charge in [0.25, 0.3) is 10.0 Å². The van der Waals surface area contributed by atoms with Crippen LogP contribution < -0.4 is 15.8 Å². The molecule has 0 aliphatic rings. The Morgan fingerprint density at radius 1 is 1.14 bits per heavy atom. The van der Waals surface area contributed by atoms with E-state index in [-0.39, 0.29) is 22.9 Å². The van der Waals surface area contributed by atoms with Gasteiger partial charge in [0.1, 0.15) is 17.4 Å². The van der Waals surface area contributed by atoms with Crippen LogP contribution in [0.3, 0.4) is 0 Å². The molecule has 0 spiro atoms. The van der Waals surface area contributed by atoms with Crippen LogP contribution >= 0.6 is 0 Å². The number of methoxy groups -OCH3 is 1. The van der Waals surface area contributed by atoms with Crippen molar-refractivity contribution in [1.29, 1.82) is 0 Å². The van der Waals surface area contributed by atoms with Crippen molar-refractivity contribution in [1.82, 2.24) is 0 Å². The number of hydrogen-bond donors (Lipinski definition) is 2. The Morgan fingerprint density at radius 2 is 1.79 bits per heavy atom. The number of nitrogens with zero attached hydrogens (tertiary/aromatic N) is 1. The summed E-state index contributed by atoms with van der Waals surface area (Å²) in [6.07, 6.45) is 2.71. The molecule has 0 heterocycles. The standard InChI is InChI=1S/C20H21N3O5S/c1-14(24)13-19(21)23-29(26,27)17-10-8-16(9-11-17)22-20(25)12-7-15-5-3-4-6-18(15)28-2/h3-12H,13H2,1-2H3,(H2,21,23)(H,22,25). The van der Waals surface area contributed by atoms with Gasteiger partial charge < -0.3 is 15.8 Å². The lowest BCUT2D eigenvalue weighted by Crippen LogP contribution is -2.17. The molecule has 0 aliphatic carbocycles. The van der Waals surface area contributed by atoms with Crippen LogP contribution in [0.2, 0.25) is 0 Å². The molecule has 9 heteroatoms. The number of amidine groups is 1. The molecule has 0 radical (unpaired) electrons. The molecule has 0 saturated heterocycles. The zero-order chi connectivity index (χ0) is 21.4. The van der Waals surface area contributed by atoms with E-state index in [2.05, 4.69) is 9.71 Å². The highest BCUT2D eigenvalue weighted by Gasteiger charge is 2.14. The zero-order valence-corrected chi connectivity index (χ0v) is 16.8. The molecule has 2 aromatic carbocycles. The Labute approximate surface area is 169 Å². The van der Waals surface area contributed by atoms with Crippen molar-refractivity contribution >= 4 is 39.3 Å². The molecule has 8 nitrogen and oxygen atoms in total. The highest BCUT2D eigenvalue weighted by molar-refractivity contribution is 7.90. The number of benzene rings is 2. The number of carbonyl (C=O) groups is 2. The molecule has 0 fully saturated rings. The van der Waals surface area contributed by atoms with Gasteiger partial charge in [-0.3, -0.25) is 9.59 Å². The highest BCUT2D eigenvalue weighted by atomic mass is 32.2. The lowest BCUT2D eigenvalue weighted by atomic mass is 10.2. The quantitative estimate of drug-likeness (QED) is 0.387. The van der Waals surface area contributed by atoms with Gasteiger partial charge in [-0.05, 0) is 43.3 Å². The number of rotatable bonds is 8. The van der Waals surface area contributed by atoms with Gasteiger partial charge in [-0.25, -0.2) is 0 Å².